The second-order valence-corrected chi connectivity index (χ2v) is 7.79. The van der Waals surface area contributed by atoms with Crippen LogP contribution < -0.4 is 10.6 Å². The van der Waals surface area contributed by atoms with Gasteiger partial charge >= 0.3 is 5.97 Å². The van der Waals surface area contributed by atoms with E-state index in [1.807, 2.05) is 30.3 Å². The minimum Gasteiger partial charge on any atom is -0.464 e. The van der Waals surface area contributed by atoms with Gasteiger partial charge in [0.15, 0.2) is 0 Å². The first kappa shape index (κ1) is 27.1. The van der Waals surface area contributed by atoms with Gasteiger partial charge in [-0.2, -0.15) is 0 Å². The fourth-order valence-corrected chi connectivity index (χ4v) is 3.20. The molecule has 0 aromatic heterocycles. The number of aliphatic hydroxyl groups excluding tert-OH is 1. The van der Waals surface area contributed by atoms with Gasteiger partial charge in [0.05, 0.1) is 25.0 Å². The zero-order chi connectivity index (χ0) is 23.8. The van der Waals surface area contributed by atoms with Crippen molar-refractivity contribution < 1.29 is 24.2 Å². The Morgan fingerprint density at radius 3 is 2.47 bits per heavy atom. The molecule has 7 heteroatoms. The maximum atomic E-state index is 12.6. The number of nitrogens with one attached hydrogen (secondary N) is 2. The topological polar surface area (TPSA) is 105 Å². The zero-order valence-electron chi connectivity index (χ0n) is 18.9. The third-order valence-corrected chi connectivity index (χ3v) is 4.96. The molecule has 0 unspecified atom stereocenters. The van der Waals surface area contributed by atoms with E-state index in [1.165, 1.54) is 0 Å². The minimum atomic E-state index is -0.576. The van der Waals surface area contributed by atoms with Crippen molar-refractivity contribution in [2.45, 2.75) is 45.1 Å². The lowest BCUT2D eigenvalue weighted by molar-refractivity contribution is -0.149. The molecule has 0 aliphatic heterocycles. The van der Waals surface area contributed by atoms with E-state index in [-0.39, 0.29) is 55.9 Å². The maximum absolute atomic E-state index is 12.6. The minimum absolute atomic E-state index is 0.0112. The Kier molecular flexibility index (Phi) is 13.4. The summed E-state index contributed by atoms with van der Waals surface area (Å²) in [4.78, 5) is 37.0. The van der Waals surface area contributed by atoms with Gasteiger partial charge in [-0.05, 0) is 38.2 Å². The van der Waals surface area contributed by atoms with Crippen LogP contribution in [0.15, 0.2) is 55.6 Å². The molecule has 3 atom stereocenters. The Labute approximate surface area is 190 Å². The van der Waals surface area contributed by atoms with Crippen molar-refractivity contribution in [2.24, 2.45) is 11.8 Å². The molecule has 0 saturated heterocycles. The van der Waals surface area contributed by atoms with E-state index in [4.69, 9.17) is 9.84 Å². The Hall–Kier alpha value is -2.93. The number of allylic oxidation sites excluding steroid dienone is 2. The molecule has 0 saturated carbocycles. The van der Waals surface area contributed by atoms with E-state index in [2.05, 4.69) is 23.8 Å². The number of benzene rings is 1. The van der Waals surface area contributed by atoms with E-state index in [0.717, 1.165) is 5.56 Å². The van der Waals surface area contributed by atoms with Gasteiger partial charge in [-0.1, -0.05) is 42.5 Å². The van der Waals surface area contributed by atoms with Crippen molar-refractivity contribution in [1.29, 1.82) is 0 Å². The highest BCUT2D eigenvalue weighted by atomic mass is 16.5. The zero-order valence-corrected chi connectivity index (χ0v) is 18.9. The molecule has 0 bridgehead atoms. The molecule has 0 radical (unpaired) electrons. The molecule has 0 fully saturated rings. The molecule has 32 heavy (non-hydrogen) atoms. The number of amides is 2. The van der Waals surface area contributed by atoms with E-state index in [1.54, 1.807) is 19.1 Å². The first-order valence-electron chi connectivity index (χ1n) is 11.0. The molecule has 0 spiro atoms. The molecular weight excluding hydrogens is 408 g/mol. The normalized spacial score (nSPS) is 13.3. The van der Waals surface area contributed by atoms with E-state index in [0.29, 0.717) is 25.7 Å². The Balaban J connectivity index is 2.50. The number of rotatable bonds is 16. The van der Waals surface area contributed by atoms with Crippen LogP contribution in [0.4, 0.5) is 0 Å². The van der Waals surface area contributed by atoms with Crippen LogP contribution >= 0.6 is 0 Å². The second kappa shape index (κ2) is 15.8. The van der Waals surface area contributed by atoms with Crippen molar-refractivity contribution in [1.82, 2.24) is 10.6 Å². The summed E-state index contributed by atoms with van der Waals surface area (Å²) < 4.78 is 5.40. The molecule has 7 nitrogen and oxygen atoms in total. The lowest BCUT2D eigenvalue weighted by atomic mass is 9.95. The summed E-state index contributed by atoms with van der Waals surface area (Å²) in [5.41, 5.74) is 1.06. The Bertz CT molecular complexity index is 735. The number of carbonyl (C=O) groups excluding carboxylic acids is 3. The predicted octanol–water partition coefficient (Wildman–Crippen LogP) is 2.55. The van der Waals surface area contributed by atoms with Crippen LogP contribution in [0, 0.1) is 11.8 Å². The first-order valence-corrected chi connectivity index (χ1v) is 11.0. The third-order valence-electron chi connectivity index (χ3n) is 4.96. The van der Waals surface area contributed by atoms with Gasteiger partial charge in [0, 0.05) is 12.5 Å². The third kappa shape index (κ3) is 10.9. The molecular formula is C25H36N2O5. The molecule has 1 rings (SSSR count). The van der Waals surface area contributed by atoms with Gasteiger partial charge < -0.3 is 20.5 Å². The Morgan fingerprint density at radius 2 is 1.84 bits per heavy atom. The van der Waals surface area contributed by atoms with Crippen molar-refractivity contribution in [3.63, 3.8) is 0 Å². The number of ether oxygens (including phenoxy) is 1. The first-order chi connectivity index (χ1) is 15.4. The molecule has 176 valence electrons. The van der Waals surface area contributed by atoms with Crippen molar-refractivity contribution in [3.05, 3.63) is 61.2 Å². The Morgan fingerprint density at radius 1 is 1.12 bits per heavy atom. The van der Waals surface area contributed by atoms with Crippen LogP contribution in [0.5, 0.6) is 0 Å². The molecule has 2 amide bonds. The van der Waals surface area contributed by atoms with E-state index >= 15 is 0 Å². The summed E-state index contributed by atoms with van der Waals surface area (Å²) in [6.45, 7) is 9.07. The highest BCUT2D eigenvalue weighted by molar-refractivity contribution is 5.86. The fourth-order valence-electron chi connectivity index (χ4n) is 3.20. The molecule has 0 heterocycles. The molecule has 1 aromatic carbocycles. The number of hydrogen-bond donors (Lipinski definition) is 3. The van der Waals surface area contributed by atoms with Crippen molar-refractivity contribution in [3.8, 4) is 0 Å². The SMILES string of the molecule is C=CCC[C@H](Cc1ccccc1)C(=O)OCCNC(=O)[C@@H](CC=C)CC(=O)N[C@@H](C)CO. The highest BCUT2D eigenvalue weighted by Gasteiger charge is 2.22. The molecule has 0 aliphatic rings. The maximum Gasteiger partial charge on any atom is 0.309 e. The summed E-state index contributed by atoms with van der Waals surface area (Å²) in [5.74, 6) is -1.78. The van der Waals surface area contributed by atoms with Crippen LogP contribution in [0.25, 0.3) is 0 Å². The van der Waals surface area contributed by atoms with Gasteiger partial charge in [-0.25, -0.2) is 0 Å². The number of hydrogen-bond acceptors (Lipinski definition) is 5. The molecule has 3 N–H and O–H groups in total. The molecule has 1 aromatic rings. The monoisotopic (exact) mass is 444 g/mol. The van der Waals surface area contributed by atoms with Crippen LogP contribution in [0.3, 0.4) is 0 Å². The summed E-state index contributed by atoms with van der Waals surface area (Å²) in [6, 6.07) is 9.38. The standard InChI is InChI=1S/C25H36N2O5/c1-4-6-13-22(16-20-11-8-7-9-12-20)25(31)32-15-14-26-24(30)21(10-5-2)17-23(29)27-19(3)18-28/h4-5,7-9,11-12,19,21-22,28H,1-2,6,10,13-18H2,3H3,(H,26,30)(H,27,29)/t19-,21-,22+/m0/s1. The average Bonchev–Trinajstić information content (AvgIpc) is 2.79. The lowest BCUT2D eigenvalue weighted by Crippen LogP contribution is -2.39. The van der Waals surface area contributed by atoms with Crippen LogP contribution in [0.2, 0.25) is 0 Å². The van der Waals surface area contributed by atoms with Gasteiger partial charge in [-0.15, -0.1) is 13.2 Å². The van der Waals surface area contributed by atoms with Crippen LogP contribution in [0.1, 0.15) is 38.2 Å². The predicted molar refractivity (Wildman–Crippen MR) is 125 cm³/mol. The number of carbonyl (C=O) groups is 3. The number of aliphatic hydroxyl groups is 1. The summed E-state index contributed by atoms with van der Waals surface area (Å²) in [5, 5.41) is 14.4. The average molecular weight is 445 g/mol. The second-order valence-electron chi connectivity index (χ2n) is 7.79. The summed E-state index contributed by atoms with van der Waals surface area (Å²) >= 11 is 0. The quantitative estimate of drug-likeness (QED) is 0.206. The van der Waals surface area contributed by atoms with Crippen molar-refractivity contribution >= 4 is 17.8 Å². The molecule has 0 aliphatic carbocycles. The fraction of sp³-hybridized carbons (Fsp3) is 0.480. The van der Waals surface area contributed by atoms with Crippen LogP contribution in [-0.2, 0) is 25.5 Å². The number of esters is 1. The van der Waals surface area contributed by atoms with Gasteiger partial charge in [-0.3, -0.25) is 14.4 Å². The summed E-state index contributed by atoms with van der Waals surface area (Å²) in [7, 11) is 0. The van der Waals surface area contributed by atoms with Crippen molar-refractivity contribution in [2.75, 3.05) is 19.8 Å². The van der Waals surface area contributed by atoms with Gasteiger partial charge in [0.1, 0.15) is 6.61 Å². The smallest absolute Gasteiger partial charge is 0.309 e. The summed E-state index contributed by atoms with van der Waals surface area (Å²) in [6.07, 6.45) is 5.64. The largest absolute Gasteiger partial charge is 0.464 e. The van der Waals surface area contributed by atoms with Gasteiger partial charge in [0.2, 0.25) is 11.8 Å². The van der Waals surface area contributed by atoms with E-state index in [9.17, 15) is 14.4 Å². The lowest BCUT2D eigenvalue weighted by Gasteiger charge is -2.18. The van der Waals surface area contributed by atoms with Gasteiger partial charge in [0.25, 0.3) is 0 Å². The van der Waals surface area contributed by atoms with Crippen LogP contribution in [-0.4, -0.2) is 48.7 Å². The highest BCUT2D eigenvalue weighted by Crippen LogP contribution is 2.16. The van der Waals surface area contributed by atoms with E-state index < -0.39 is 5.92 Å².